The van der Waals surface area contributed by atoms with Crippen LogP contribution in [0.3, 0.4) is 0 Å². The van der Waals surface area contributed by atoms with Crippen molar-refractivity contribution >= 4 is 34.7 Å². The molecule has 0 bridgehead atoms. The number of nitrogens with zero attached hydrogens (tertiary/aromatic N) is 1. The molecule has 1 heterocycles. The van der Waals surface area contributed by atoms with Crippen LogP contribution >= 0.6 is 23.4 Å². The van der Waals surface area contributed by atoms with Crippen LogP contribution in [0.4, 0.5) is 11.4 Å². The van der Waals surface area contributed by atoms with Crippen LogP contribution in [0.2, 0.25) is 0 Å². The number of anilines is 2. The summed E-state index contributed by atoms with van der Waals surface area (Å²) in [4.78, 5) is 5.18. The molecule has 0 aliphatic carbocycles. The standard InChI is InChI=1S/C18H20ClNS/c1-12-6-4-8-15-17(12)21-18-13(2)7-5-9-16(18)20(15)11-10-14(3)19/h4-9,14H,10-11H2,1-3H3. The third-order valence-electron chi connectivity index (χ3n) is 3.92. The van der Waals surface area contributed by atoms with Crippen molar-refractivity contribution in [1.82, 2.24) is 0 Å². The Morgan fingerprint density at radius 1 is 1.00 bits per heavy atom. The average molecular weight is 318 g/mol. The fourth-order valence-corrected chi connectivity index (χ4v) is 4.07. The number of hydrogen-bond acceptors (Lipinski definition) is 2. The summed E-state index contributed by atoms with van der Waals surface area (Å²) in [6.45, 7) is 7.40. The third kappa shape index (κ3) is 2.79. The zero-order chi connectivity index (χ0) is 15.0. The SMILES string of the molecule is Cc1cccc2c1Sc1c(C)cccc1N2CCC(C)Cl. The number of benzene rings is 2. The molecular formula is C18H20ClNS. The number of rotatable bonds is 3. The van der Waals surface area contributed by atoms with Crippen molar-refractivity contribution in [2.24, 2.45) is 0 Å². The third-order valence-corrected chi connectivity index (χ3v) is 5.61. The lowest BCUT2D eigenvalue weighted by Crippen LogP contribution is -2.24. The van der Waals surface area contributed by atoms with E-state index in [0.29, 0.717) is 0 Å². The normalized spacial score (nSPS) is 14.6. The predicted octanol–water partition coefficient (Wildman–Crippen LogP) is 5.92. The van der Waals surface area contributed by atoms with E-state index in [1.54, 1.807) is 0 Å². The van der Waals surface area contributed by atoms with Crippen molar-refractivity contribution in [2.75, 3.05) is 11.4 Å². The van der Waals surface area contributed by atoms with E-state index in [9.17, 15) is 0 Å². The van der Waals surface area contributed by atoms with Crippen LogP contribution in [0.1, 0.15) is 24.5 Å². The fraction of sp³-hybridized carbons (Fsp3) is 0.333. The first-order valence-electron chi connectivity index (χ1n) is 7.36. The highest BCUT2D eigenvalue weighted by Crippen LogP contribution is 2.50. The zero-order valence-electron chi connectivity index (χ0n) is 12.7. The number of alkyl halides is 1. The van der Waals surface area contributed by atoms with E-state index in [1.165, 1.54) is 32.3 Å². The monoisotopic (exact) mass is 317 g/mol. The molecule has 2 aromatic carbocycles. The molecule has 0 spiro atoms. The fourth-order valence-electron chi connectivity index (χ4n) is 2.74. The van der Waals surface area contributed by atoms with Gasteiger partial charge < -0.3 is 4.90 Å². The Hall–Kier alpha value is -1.12. The quantitative estimate of drug-likeness (QED) is 0.646. The minimum Gasteiger partial charge on any atom is -0.340 e. The molecule has 110 valence electrons. The molecule has 1 nitrogen and oxygen atoms in total. The Morgan fingerprint density at radius 2 is 1.52 bits per heavy atom. The molecule has 1 atom stereocenters. The van der Waals surface area contributed by atoms with E-state index in [2.05, 4.69) is 62.1 Å². The molecule has 0 N–H and O–H groups in total. The van der Waals surface area contributed by atoms with Crippen molar-refractivity contribution in [3.8, 4) is 0 Å². The summed E-state index contributed by atoms with van der Waals surface area (Å²) in [5.41, 5.74) is 5.32. The van der Waals surface area contributed by atoms with E-state index < -0.39 is 0 Å². The summed E-state index contributed by atoms with van der Waals surface area (Å²) in [5.74, 6) is 0. The predicted molar refractivity (Wildman–Crippen MR) is 93.4 cm³/mol. The first kappa shape index (κ1) is 14.8. The highest BCUT2D eigenvalue weighted by atomic mass is 35.5. The number of hydrogen-bond donors (Lipinski definition) is 0. The Kier molecular flexibility index (Phi) is 4.19. The van der Waals surface area contributed by atoms with Crippen LogP contribution in [-0.4, -0.2) is 11.9 Å². The lowest BCUT2D eigenvalue weighted by atomic mass is 10.1. The van der Waals surface area contributed by atoms with Gasteiger partial charge in [-0.2, -0.15) is 0 Å². The van der Waals surface area contributed by atoms with Gasteiger partial charge in [-0.1, -0.05) is 36.0 Å². The Bertz CT molecular complexity index is 615. The summed E-state index contributed by atoms with van der Waals surface area (Å²) < 4.78 is 0. The van der Waals surface area contributed by atoms with Gasteiger partial charge >= 0.3 is 0 Å². The second-order valence-electron chi connectivity index (χ2n) is 5.67. The Morgan fingerprint density at radius 3 is 2.00 bits per heavy atom. The second kappa shape index (κ2) is 5.94. The van der Waals surface area contributed by atoms with Crippen LogP contribution in [0.15, 0.2) is 46.2 Å². The molecule has 3 heteroatoms. The van der Waals surface area contributed by atoms with Crippen molar-refractivity contribution in [2.45, 2.75) is 42.4 Å². The van der Waals surface area contributed by atoms with Gasteiger partial charge in [-0.15, -0.1) is 11.6 Å². The molecule has 0 radical (unpaired) electrons. The zero-order valence-corrected chi connectivity index (χ0v) is 14.3. The van der Waals surface area contributed by atoms with E-state index >= 15 is 0 Å². The molecule has 1 aliphatic rings. The average Bonchev–Trinajstić information content (AvgIpc) is 2.45. The maximum atomic E-state index is 6.18. The van der Waals surface area contributed by atoms with Crippen LogP contribution in [-0.2, 0) is 0 Å². The first-order chi connectivity index (χ1) is 10.1. The second-order valence-corrected chi connectivity index (χ2v) is 7.44. The van der Waals surface area contributed by atoms with Crippen molar-refractivity contribution in [1.29, 1.82) is 0 Å². The maximum Gasteiger partial charge on any atom is 0.0555 e. The van der Waals surface area contributed by atoms with Gasteiger partial charge in [0.2, 0.25) is 0 Å². The minimum atomic E-state index is 0.195. The van der Waals surface area contributed by atoms with E-state index in [0.717, 1.165) is 13.0 Å². The van der Waals surface area contributed by atoms with Gasteiger partial charge in [0, 0.05) is 21.7 Å². The molecule has 1 unspecified atom stereocenters. The topological polar surface area (TPSA) is 3.24 Å². The number of halogens is 1. The van der Waals surface area contributed by atoms with E-state index in [-0.39, 0.29) is 5.38 Å². The number of aryl methyl sites for hydroxylation is 2. The highest BCUT2D eigenvalue weighted by molar-refractivity contribution is 7.99. The number of fused-ring (bicyclic) bond motifs is 2. The van der Waals surface area contributed by atoms with Gasteiger partial charge in [0.05, 0.1) is 11.4 Å². The molecule has 0 fully saturated rings. The van der Waals surface area contributed by atoms with Crippen LogP contribution in [0, 0.1) is 13.8 Å². The van der Waals surface area contributed by atoms with E-state index in [1.807, 2.05) is 11.8 Å². The van der Waals surface area contributed by atoms with Crippen LogP contribution in [0.5, 0.6) is 0 Å². The lowest BCUT2D eigenvalue weighted by Gasteiger charge is -2.34. The molecular weight excluding hydrogens is 298 g/mol. The molecule has 0 saturated heterocycles. The first-order valence-corrected chi connectivity index (χ1v) is 8.62. The van der Waals surface area contributed by atoms with Crippen LogP contribution < -0.4 is 4.90 Å². The highest BCUT2D eigenvalue weighted by Gasteiger charge is 2.25. The van der Waals surface area contributed by atoms with Crippen LogP contribution in [0.25, 0.3) is 0 Å². The smallest absolute Gasteiger partial charge is 0.0555 e. The minimum absolute atomic E-state index is 0.195. The summed E-state index contributed by atoms with van der Waals surface area (Å²) in [6, 6.07) is 13.1. The van der Waals surface area contributed by atoms with Gasteiger partial charge in [-0.3, -0.25) is 0 Å². The summed E-state index contributed by atoms with van der Waals surface area (Å²) in [7, 11) is 0. The van der Waals surface area contributed by atoms with Gasteiger partial charge in [0.15, 0.2) is 0 Å². The van der Waals surface area contributed by atoms with Crippen molar-refractivity contribution < 1.29 is 0 Å². The molecule has 1 aliphatic heterocycles. The van der Waals surface area contributed by atoms with Gasteiger partial charge in [0.25, 0.3) is 0 Å². The van der Waals surface area contributed by atoms with Gasteiger partial charge in [-0.05, 0) is 50.5 Å². The lowest BCUT2D eigenvalue weighted by molar-refractivity contribution is 0.782. The van der Waals surface area contributed by atoms with Gasteiger partial charge in [0.1, 0.15) is 0 Å². The Labute approximate surface area is 136 Å². The molecule has 2 aromatic rings. The molecule has 21 heavy (non-hydrogen) atoms. The van der Waals surface area contributed by atoms with Gasteiger partial charge in [-0.25, -0.2) is 0 Å². The molecule has 0 saturated carbocycles. The summed E-state index contributed by atoms with van der Waals surface area (Å²) in [6.07, 6.45) is 0.979. The van der Waals surface area contributed by atoms with E-state index in [4.69, 9.17) is 11.6 Å². The molecule has 0 amide bonds. The van der Waals surface area contributed by atoms with Crippen molar-refractivity contribution in [3.05, 3.63) is 47.5 Å². The Balaban J connectivity index is 2.10. The molecule has 0 aromatic heterocycles. The summed E-state index contributed by atoms with van der Waals surface area (Å²) in [5, 5.41) is 0.195. The summed E-state index contributed by atoms with van der Waals surface area (Å²) >= 11 is 8.08. The largest absolute Gasteiger partial charge is 0.340 e. The maximum absolute atomic E-state index is 6.18. The van der Waals surface area contributed by atoms with Crippen molar-refractivity contribution in [3.63, 3.8) is 0 Å². The molecule has 3 rings (SSSR count).